The van der Waals surface area contributed by atoms with E-state index in [0.717, 1.165) is 0 Å². The average molecular weight is 216 g/mol. The van der Waals surface area contributed by atoms with Gasteiger partial charge in [-0.25, -0.2) is 0 Å². The predicted molar refractivity (Wildman–Crippen MR) is 46.7 cm³/mol. The van der Waals surface area contributed by atoms with Gasteiger partial charge in [-0.05, 0) is 0 Å². The van der Waals surface area contributed by atoms with Gasteiger partial charge in [0.25, 0.3) is 0 Å². The minimum absolute atomic E-state index is 1.21. The van der Waals surface area contributed by atoms with Crippen molar-refractivity contribution < 1.29 is 0 Å². The van der Waals surface area contributed by atoms with Crippen LogP contribution >= 0.6 is 22.5 Å². The third-order valence-corrected chi connectivity index (χ3v) is 3.25. The molecule has 0 aromatic heterocycles. The van der Waals surface area contributed by atoms with Crippen LogP contribution in [0.5, 0.6) is 0 Å². The van der Waals surface area contributed by atoms with Gasteiger partial charge >= 0.3 is 72.8 Å². The van der Waals surface area contributed by atoms with Crippen molar-refractivity contribution in [1.82, 2.24) is 0 Å². The molecule has 1 aromatic rings. The Balaban J connectivity index is 3.01. The van der Waals surface area contributed by atoms with Crippen molar-refractivity contribution in [2.75, 3.05) is 0 Å². The molecule has 0 heterocycles. The molecule has 3 heteroatoms. The Bertz CT molecular complexity index is 200. The van der Waals surface area contributed by atoms with Crippen LogP contribution in [0.1, 0.15) is 0 Å². The van der Waals surface area contributed by atoms with E-state index >= 15 is 0 Å². The van der Waals surface area contributed by atoms with Crippen molar-refractivity contribution in [2.45, 2.75) is 4.90 Å². The van der Waals surface area contributed by atoms with Crippen molar-refractivity contribution in [1.29, 1.82) is 0 Å². The van der Waals surface area contributed by atoms with Crippen molar-refractivity contribution in [3.05, 3.63) is 24.3 Å². The first kappa shape index (κ1) is 7.58. The van der Waals surface area contributed by atoms with Gasteiger partial charge in [0.1, 0.15) is 0 Å². The third kappa shape index (κ3) is 1.96. The number of benzene rings is 1. The normalized spacial score (nSPS) is 9.56. The van der Waals surface area contributed by atoms with Gasteiger partial charge in [-0.1, -0.05) is 0 Å². The average Bonchev–Trinajstić information content (AvgIpc) is 1.89. The summed E-state index contributed by atoms with van der Waals surface area (Å²) in [5.41, 5.74) is 0. The molecule has 46 valence electrons. The second-order valence-corrected chi connectivity index (χ2v) is 3.74. The second kappa shape index (κ2) is 3.60. The van der Waals surface area contributed by atoms with E-state index in [0.29, 0.717) is 0 Å². The summed E-state index contributed by atoms with van der Waals surface area (Å²) < 4.78 is 1.23. The standard InChI is InChI=1S/C6H5AsS2/c7-5-3-1-2-4-6(5)9-8/h1-4,8H. The fourth-order valence-electron chi connectivity index (χ4n) is 0.534. The van der Waals surface area contributed by atoms with Crippen LogP contribution in [0.4, 0.5) is 0 Å². The molecule has 0 aliphatic carbocycles. The first-order valence-electron chi connectivity index (χ1n) is 2.44. The van der Waals surface area contributed by atoms with E-state index in [1.54, 1.807) is 0 Å². The van der Waals surface area contributed by atoms with E-state index < -0.39 is 0 Å². The fraction of sp³-hybridized carbons (Fsp3) is 0. The van der Waals surface area contributed by atoms with E-state index in [1.807, 2.05) is 18.2 Å². The summed E-state index contributed by atoms with van der Waals surface area (Å²) in [6, 6.07) is 8.13. The molecule has 2 radical (unpaired) electrons. The molecule has 0 aliphatic heterocycles. The molecular formula is C6H5AsS2. The first-order valence-corrected chi connectivity index (χ1v) is 5.24. The monoisotopic (exact) mass is 216 g/mol. The first-order chi connectivity index (χ1) is 4.34. The Morgan fingerprint density at radius 3 is 2.44 bits per heavy atom. The Hall–Kier alpha value is 0.478. The molecule has 0 nitrogen and oxygen atoms in total. The molecule has 9 heavy (non-hydrogen) atoms. The van der Waals surface area contributed by atoms with Crippen LogP contribution in [0.3, 0.4) is 0 Å². The summed E-state index contributed by atoms with van der Waals surface area (Å²) in [6.45, 7) is 0. The van der Waals surface area contributed by atoms with Crippen LogP contribution in [-0.4, -0.2) is 16.9 Å². The molecule has 0 amide bonds. The van der Waals surface area contributed by atoms with E-state index in [2.05, 4.69) is 34.6 Å². The molecule has 0 aliphatic rings. The Labute approximate surface area is 72.7 Å². The molecule has 0 saturated heterocycles. The summed E-state index contributed by atoms with van der Waals surface area (Å²) in [7, 11) is 1.47. The zero-order chi connectivity index (χ0) is 6.69. The van der Waals surface area contributed by atoms with E-state index in [1.165, 1.54) is 20.0 Å². The predicted octanol–water partition coefficient (Wildman–Crippen LogP) is 1.42. The topological polar surface area (TPSA) is 0 Å². The van der Waals surface area contributed by atoms with Gasteiger partial charge in [0.15, 0.2) is 0 Å². The van der Waals surface area contributed by atoms with Gasteiger partial charge in [-0.2, -0.15) is 0 Å². The van der Waals surface area contributed by atoms with E-state index in [-0.39, 0.29) is 0 Å². The molecule has 0 atom stereocenters. The summed E-state index contributed by atoms with van der Waals surface area (Å²) in [6.07, 6.45) is 0. The van der Waals surface area contributed by atoms with Gasteiger partial charge in [-0.3, -0.25) is 0 Å². The van der Waals surface area contributed by atoms with Crippen LogP contribution in [0, 0.1) is 0 Å². The van der Waals surface area contributed by atoms with E-state index in [9.17, 15) is 0 Å². The molecule has 1 rings (SSSR count). The van der Waals surface area contributed by atoms with Gasteiger partial charge in [-0.15, -0.1) is 0 Å². The van der Waals surface area contributed by atoms with Crippen molar-refractivity contribution >= 4 is 43.7 Å². The number of thiol groups is 1. The summed E-state index contributed by atoms with van der Waals surface area (Å²) in [5.74, 6) is 0. The molecular weight excluding hydrogens is 211 g/mol. The number of rotatable bonds is 1. The summed E-state index contributed by atoms with van der Waals surface area (Å²) >= 11 is 6.60. The van der Waals surface area contributed by atoms with Gasteiger partial charge in [0.2, 0.25) is 0 Å². The van der Waals surface area contributed by atoms with Gasteiger partial charge < -0.3 is 0 Å². The summed E-state index contributed by atoms with van der Waals surface area (Å²) in [5, 5.41) is 0. The Morgan fingerprint density at radius 1 is 1.33 bits per heavy atom. The molecule has 0 spiro atoms. The maximum absolute atomic E-state index is 4.09. The number of hydrogen-bond donors (Lipinski definition) is 1. The van der Waals surface area contributed by atoms with Gasteiger partial charge in [0, 0.05) is 0 Å². The Morgan fingerprint density at radius 2 is 2.00 bits per heavy atom. The van der Waals surface area contributed by atoms with Crippen LogP contribution < -0.4 is 4.35 Å². The van der Waals surface area contributed by atoms with Crippen LogP contribution in [-0.2, 0) is 0 Å². The Kier molecular flexibility index (Phi) is 3.03. The maximum atomic E-state index is 4.09. The zero-order valence-corrected chi connectivity index (χ0v) is 8.20. The SMILES string of the molecule is SSc1ccccc1[As]. The van der Waals surface area contributed by atoms with Crippen molar-refractivity contribution in [2.24, 2.45) is 0 Å². The summed E-state index contributed by atoms with van der Waals surface area (Å²) in [4.78, 5) is 1.21. The number of hydrogen-bond acceptors (Lipinski definition) is 2. The van der Waals surface area contributed by atoms with Gasteiger partial charge in [0.05, 0.1) is 0 Å². The molecule has 1 aromatic carbocycles. The fourth-order valence-corrected chi connectivity index (χ4v) is 2.41. The van der Waals surface area contributed by atoms with Crippen LogP contribution in [0.2, 0.25) is 0 Å². The molecule has 0 fully saturated rings. The zero-order valence-electron chi connectivity index (χ0n) is 4.61. The molecule has 0 unspecified atom stereocenters. The van der Waals surface area contributed by atoms with E-state index in [4.69, 9.17) is 0 Å². The quantitative estimate of drug-likeness (QED) is 0.421. The van der Waals surface area contributed by atoms with Crippen molar-refractivity contribution in [3.8, 4) is 0 Å². The van der Waals surface area contributed by atoms with Crippen molar-refractivity contribution in [3.63, 3.8) is 0 Å². The third-order valence-electron chi connectivity index (χ3n) is 0.964. The second-order valence-electron chi connectivity index (χ2n) is 1.56. The molecule has 0 saturated carbocycles. The van der Waals surface area contributed by atoms with Crippen LogP contribution in [0.25, 0.3) is 0 Å². The molecule has 0 bridgehead atoms. The molecule has 0 N–H and O–H groups in total. The minimum atomic E-state index is 1.21. The van der Waals surface area contributed by atoms with Crippen LogP contribution in [0.15, 0.2) is 29.2 Å².